The highest BCUT2D eigenvalue weighted by Crippen LogP contribution is 2.20. The Morgan fingerprint density at radius 3 is 2.44 bits per heavy atom. The molecule has 1 aromatic carbocycles. The number of amides is 1. The predicted molar refractivity (Wildman–Crippen MR) is 87.5 cm³/mol. The number of ether oxygens (including phenoxy) is 2. The quantitative estimate of drug-likeness (QED) is 0.762. The lowest BCUT2D eigenvalue weighted by atomic mass is 10.1. The molecule has 2 aromatic rings. The number of hydrogen-bond donors (Lipinski definition) is 0. The molecule has 0 fully saturated rings. The summed E-state index contributed by atoms with van der Waals surface area (Å²) in [6.07, 6.45) is 0. The second kappa shape index (κ2) is 7.61. The standard InChI is InChI=1S/C17H18N2O6/c1-10-15(11(2)25-18-10)17(22)24-9-14(20)19(3)13-8-6-5-7-12(13)16(21)23-4/h5-8H,9H2,1-4H3. The van der Waals surface area contributed by atoms with Crippen molar-refractivity contribution in [3.05, 3.63) is 46.8 Å². The molecule has 8 nitrogen and oxygen atoms in total. The summed E-state index contributed by atoms with van der Waals surface area (Å²) in [7, 11) is 2.74. The molecule has 2 rings (SSSR count). The van der Waals surface area contributed by atoms with Gasteiger partial charge >= 0.3 is 11.9 Å². The summed E-state index contributed by atoms with van der Waals surface area (Å²) in [6.45, 7) is 2.69. The zero-order valence-corrected chi connectivity index (χ0v) is 14.4. The molecule has 0 spiro atoms. The fourth-order valence-electron chi connectivity index (χ4n) is 2.25. The van der Waals surface area contributed by atoms with Crippen molar-refractivity contribution in [2.24, 2.45) is 0 Å². The van der Waals surface area contributed by atoms with E-state index >= 15 is 0 Å². The van der Waals surface area contributed by atoms with Crippen molar-refractivity contribution < 1.29 is 28.4 Å². The lowest BCUT2D eigenvalue weighted by Gasteiger charge is -2.19. The molecular weight excluding hydrogens is 328 g/mol. The van der Waals surface area contributed by atoms with E-state index in [-0.39, 0.29) is 11.1 Å². The van der Waals surface area contributed by atoms with Crippen molar-refractivity contribution in [3.63, 3.8) is 0 Å². The fraction of sp³-hybridized carbons (Fsp3) is 0.294. The summed E-state index contributed by atoms with van der Waals surface area (Å²) in [5.74, 6) is -1.45. The van der Waals surface area contributed by atoms with Crippen LogP contribution in [-0.2, 0) is 14.3 Å². The monoisotopic (exact) mass is 346 g/mol. The predicted octanol–water partition coefficient (Wildman–Crippen LogP) is 1.90. The normalized spacial score (nSPS) is 10.2. The van der Waals surface area contributed by atoms with Crippen LogP contribution in [0.5, 0.6) is 0 Å². The zero-order valence-electron chi connectivity index (χ0n) is 14.4. The molecule has 8 heteroatoms. The molecule has 0 saturated heterocycles. The van der Waals surface area contributed by atoms with Crippen LogP contribution in [0.2, 0.25) is 0 Å². The maximum absolute atomic E-state index is 12.3. The summed E-state index contributed by atoms with van der Waals surface area (Å²) in [4.78, 5) is 37.4. The van der Waals surface area contributed by atoms with E-state index in [1.54, 1.807) is 38.1 Å². The second-order valence-corrected chi connectivity index (χ2v) is 5.24. The zero-order chi connectivity index (χ0) is 18.6. The number of likely N-dealkylation sites (N-methyl/N-ethyl adjacent to an activating group) is 1. The molecular formula is C17H18N2O6. The van der Waals surface area contributed by atoms with E-state index in [0.29, 0.717) is 17.1 Å². The Bertz CT molecular complexity index is 792. The molecule has 1 heterocycles. The number of anilines is 1. The van der Waals surface area contributed by atoms with Gasteiger partial charge in [0, 0.05) is 7.05 Å². The number of nitrogens with zero attached hydrogens (tertiary/aromatic N) is 2. The van der Waals surface area contributed by atoms with Crippen LogP contribution in [0.1, 0.15) is 32.2 Å². The van der Waals surface area contributed by atoms with Crippen LogP contribution < -0.4 is 4.90 Å². The van der Waals surface area contributed by atoms with E-state index in [9.17, 15) is 14.4 Å². The average Bonchev–Trinajstić information content (AvgIpc) is 2.96. The van der Waals surface area contributed by atoms with E-state index < -0.39 is 24.5 Å². The van der Waals surface area contributed by atoms with Crippen molar-refractivity contribution in [2.45, 2.75) is 13.8 Å². The highest BCUT2D eigenvalue weighted by Gasteiger charge is 2.23. The molecule has 0 bridgehead atoms. The Morgan fingerprint density at radius 1 is 1.16 bits per heavy atom. The number of carbonyl (C=O) groups excluding carboxylic acids is 3. The molecule has 0 radical (unpaired) electrons. The van der Waals surface area contributed by atoms with Crippen LogP contribution in [0.25, 0.3) is 0 Å². The van der Waals surface area contributed by atoms with E-state index in [2.05, 4.69) is 5.16 Å². The van der Waals surface area contributed by atoms with Gasteiger partial charge < -0.3 is 18.9 Å². The minimum absolute atomic E-state index is 0.199. The molecule has 0 N–H and O–H groups in total. The van der Waals surface area contributed by atoms with Crippen molar-refractivity contribution in [3.8, 4) is 0 Å². The largest absolute Gasteiger partial charge is 0.465 e. The molecule has 0 atom stereocenters. The third-order valence-electron chi connectivity index (χ3n) is 3.61. The van der Waals surface area contributed by atoms with Gasteiger partial charge in [-0.05, 0) is 26.0 Å². The van der Waals surface area contributed by atoms with Gasteiger partial charge in [0.25, 0.3) is 5.91 Å². The molecule has 1 amide bonds. The van der Waals surface area contributed by atoms with Crippen molar-refractivity contribution in [1.29, 1.82) is 0 Å². The third-order valence-corrected chi connectivity index (χ3v) is 3.61. The van der Waals surface area contributed by atoms with Crippen LogP contribution in [0.4, 0.5) is 5.69 Å². The SMILES string of the molecule is COC(=O)c1ccccc1N(C)C(=O)COC(=O)c1c(C)noc1C. The van der Waals surface area contributed by atoms with E-state index in [1.807, 2.05) is 0 Å². The molecule has 25 heavy (non-hydrogen) atoms. The number of methoxy groups -OCH3 is 1. The lowest BCUT2D eigenvalue weighted by Crippen LogP contribution is -2.32. The van der Waals surface area contributed by atoms with E-state index in [4.69, 9.17) is 14.0 Å². The Labute approximate surface area is 144 Å². The molecule has 132 valence electrons. The molecule has 0 saturated carbocycles. The maximum Gasteiger partial charge on any atom is 0.344 e. The number of aryl methyl sites for hydroxylation is 2. The van der Waals surface area contributed by atoms with Gasteiger partial charge in [-0.25, -0.2) is 9.59 Å². The number of para-hydroxylation sites is 1. The number of hydrogen-bond acceptors (Lipinski definition) is 7. The first-order valence-electron chi connectivity index (χ1n) is 7.40. The fourth-order valence-corrected chi connectivity index (χ4v) is 2.25. The first-order valence-corrected chi connectivity index (χ1v) is 7.40. The highest BCUT2D eigenvalue weighted by molar-refractivity contribution is 6.03. The highest BCUT2D eigenvalue weighted by atomic mass is 16.5. The number of rotatable bonds is 5. The van der Waals surface area contributed by atoms with Crippen molar-refractivity contribution in [2.75, 3.05) is 25.7 Å². The van der Waals surface area contributed by atoms with Gasteiger partial charge in [-0.3, -0.25) is 4.79 Å². The van der Waals surface area contributed by atoms with Crippen LogP contribution >= 0.6 is 0 Å². The lowest BCUT2D eigenvalue weighted by molar-refractivity contribution is -0.121. The topological polar surface area (TPSA) is 98.9 Å². The maximum atomic E-state index is 12.3. The van der Waals surface area contributed by atoms with Crippen molar-refractivity contribution in [1.82, 2.24) is 5.16 Å². The summed E-state index contributed by atoms with van der Waals surface area (Å²) in [5.41, 5.74) is 1.18. The van der Waals surface area contributed by atoms with Gasteiger partial charge in [0.1, 0.15) is 11.3 Å². The Kier molecular flexibility index (Phi) is 5.53. The summed E-state index contributed by atoms with van der Waals surface area (Å²) in [5, 5.41) is 3.66. The van der Waals surface area contributed by atoms with Crippen LogP contribution in [0, 0.1) is 13.8 Å². The molecule has 0 aliphatic heterocycles. The minimum Gasteiger partial charge on any atom is -0.465 e. The number of benzene rings is 1. The number of aromatic nitrogens is 1. The Hall–Kier alpha value is -3.16. The molecule has 0 aliphatic rings. The van der Waals surface area contributed by atoms with Crippen LogP contribution in [0.3, 0.4) is 0 Å². The first kappa shape index (κ1) is 18.2. The summed E-state index contributed by atoms with van der Waals surface area (Å²) < 4.78 is 14.6. The summed E-state index contributed by atoms with van der Waals surface area (Å²) in [6, 6.07) is 6.48. The van der Waals surface area contributed by atoms with Gasteiger partial charge in [-0.15, -0.1) is 0 Å². The smallest absolute Gasteiger partial charge is 0.344 e. The molecule has 0 unspecified atom stereocenters. The first-order chi connectivity index (χ1) is 11.9. The Balaban J connectivity index is 2.09. The van der Waals surface area contributed by atoms with Gasteiger partial charge in [0.15, 0.2) is 6.61 Å². The van der Waals surface area contributed by atoms with Crippen LogP contribution in [-0.4, -0.2) is 43.8 Å². The van der Waals surface area contributed by atoms with Gasteiger partial charge in [0.2, 0.25) is 0 Å². The van der Waals surface area contributed by atoms with Gasteiger partial charge in [0.05, 0.1) is 24.1 Å². The Morgan fingerprint density at radius 2 is 1.84 bits per heavy atom. The minimum atomic E-state index is -0.695. The third kappa shape index (κ3) is 3.85. The number of esters is 2. The number of carbonyl (C=O) groups is 3. The van der Waals surface area contributed by atoms with Gasteiger partial charge in [-0.2, -0.15) is 0 Å². The average molecular weight is 346 g/mol. The van der Waals surface area contributed by atoms with Gasteiger partial charge in [-0.1, -0.05) is 17.3 Å². The van der Waals surface area contributed by atoms with E-state index in [1.165, 1.54) is 19.1 Å². The molecule has 1 aromatic heterocycles. The molecule has 0 aliphatic carbocycles. The van der Waals surface area contributed by atoms with Crippen LogP contribution in [0.15, 0.2) is 28.8 Å². The van der Waals surface area contributed by atoms with E-state index in [0.717, 1.165) is 0 Å². The second-order valence-electron chi connectivity index (χ2n) is 5.24. The summed E-state index contributed by atoms with van der Waals surface area (Å²) >= 11 is 0. The van der Waals surface area contributed by atoms with Crippen molar-refractivity contribution >= 4 is 23.5 Å².